The Bertz CT molecular complexity index is 502. The minimum Gasteiger partial charge on any atom is -0.318 e. The maximum Gasteiger partial charge on any atom is 0.184 e. The van der Waals surface area contributed by atoms with Gasteiger partial charge in [-0.1, -0.05) is 60.2 Å². The van der Waals surface area contributed by atoms with Gasteiger partial charge in [-0.25, -0.2) is 0 Å². The molecule has 0 spiro atoms. The first-order chi connectivity index (χ1) is 8.18. The Morgan fingerprint density at radius 1 is 1.00 bits per heavy atom. The molecule has 2 aromatic carbocycles. The zero-order valence-corrected chi connectivity index (χ0v) is 9.76. The highest BCUT2D eigenvalue weighted by molar-refractivity contribution is 6.00. The number of rotatable bonds is 3. The summed E-state index contributed by atoms with van der Waals surface area (Å²) in [5.74, 6) is -0.0468. The van der Waals surface area contributed by atoms with Crippen LogP contribution >= 0.6 is 0 Å². The minimum absolute atomic E-state index is 0.0468. The fraction of sp³-hybridized carbons (Fsp3) is 0.133. The summed E-state index contributed by atoms with van der Waals surface area (Å²) in [5, 5.41) is 0. The lowest BCUT2D eigenvalue weighted by molar-refractivity contribution is 0.0961. The van der Waals surface area contributed by atoms with E-state index in [1.807, 2.05) is 49.4 Å². The molecule has 2 nitrogen and oxygen atoms in total. The Morgan fingerprint density at radius 3 is 2.18 bits per heavy atom. The number of aryl methyl sites for hydroxylation is 1. The van der Waals surface area contributed by atoms with E-state index in [4.69, 9.17) is 5.73 Å². The van der Waals surface area contributed by atoms with Crippen molar-refractivity contribution in [3.05, 3.63) is 71.3 Å². The third-order valence-corrected chi connectivity index (χ3v) is 2.78. The highest BCUT2D eigenvalue weighted by atomic mass is 16.1. The lowest BCUT2D eigenvalue weighted by atomic mass is 9.98. The minimum atomic E-state index is -0.585. The molecule has 0 aliphatic rings. The molecule has 2 aromatic rings. The largest absolute Gasteiger partial charge is 0.318 e. The van der Waals surface area contributed by atoms with E-state index in [1.54, 1.807) is 12.1 Å². The van der Waals surface area contributed by atoms with Gasteiger partial charge in [-0.3, -0.25) is 4.79 Å². The van der Waals surface area contributed by atoms with Crippen molar-refractivity contribution >= 4 is 5.78 Å². The molecular weight excluding hydrogens is 210 g/mol. The summed E-state index contributed by atoms with van der Waals surface area (Å²) in [5.41, 5.74) is 8.64. The maximum absolute atomic E-state index is 12.1. The summed E-state index contributed by atoms with van der Waals surface area (Å²) in [6, 6.07) is 16.3. The van der Waals surface area contributed by atoms with Crippen molar-refractivity contribution in [1.82, 2.24) is 0 Å². The van der Waals surface area contributed by atoms with Gasteiger partial charge in [0, 0.05) is 5.56 Å². The van der Waals surface area contributed by atoms with Gasteiger partial charge in [0.1, 0.15) is 0 Å². The molecule has 2 rings (SSSR count). The number of ketones is 1. The van der Waals surface area contributed by atoms with Crippen molar-refractivity contribution in [2.24, 2.45) is 5.73 Å². The topological polar surface area (TPSA) is 43.1 Å². The fourth-order valence-electron chi connectivity index (χ4n) is 1.71. The van der Waals surface area contributed by atoms with Crippen molar-refractivity contribution < 1.29 is 4.79 Å². The van der Waals surface area contributed by atoms with Crippen LogP contribution in [-0.2, 0) is 0 Å². The van der Waals surface area contributed by atoms with E-state index in [0.717, 1.165) is 11.1 Å². The fourth-order valence-corrected chi connectivity index (χ4v) is 1.71. The summed E-state index contributed by atoms with van der Waals surface area (Å²) >= 11 is 0. The number of Topliss-reactive ketones (excluding diaryl/α,β-unsaturated/α-hetero) is 1. The molecule has 2 N–H and O–H groups in total. The standard InChI is InChI=1S/C15H15NO/c1-11-7-9-12(10-8-11)14(16)15(17)13-5-3-2-4-6-13/h2-10,14H,16H2,1H3. The van der Waals surface area contributed by atoms with E-state index in [9.17, 15) is 4.79 Å². The van der Waals surface area contributed by atoms with E-state index in [2.05, 4.69) is 0 Å². The molecule has 0 aromatic heterocycles. The number of hydrogen-bond acceptors (Lipinski definition) is 2. The molecule has 0 fully saturated rings. The molecule has 0 aliphatic heterocycles. The zero-order chi connectivity index (χ0) is 12.3. The van der Waals surface area contributed by atoms with Crippen molar-refractivity contribution in [3.8, 4) is 0 Å². The lowest BCUT2D eigenvalue weighted by Crippen LogP contribution is -2.21. The van der Waals surface area contributed by atoms with Crippen molar-refractivity contribution in [2.75, 3.05) is 0 Å². The van der Waals surface area contributed by atoms with Gasteiger partial charge in [0.05, 0.1) is 6.04 Å². The molecule has 0 radical (unpaired) electrons. The van der Waals surface area contributed by atoms with E-state index in [-0.39, 0.29) is 5.78 Å². The summed E-state index contributed by atoms with van der Waals surface area (Å²) in [4.78, 5) is 12.1. The van der Waals surface area contributed by atoms with Gasteiger partial charge in [-0.15, -0.1) is 0 Å². The normalized spacial score (nSPS) is 12.1. The van der Waals surface area contributed by atoms with Crippen LogP contribution in [0.4, 0.5) is 0 Å². The maximum atomic E-state index is 12.1. The summed E-state index contributed by atoms with van der Waals surface area (Å²) in [6.45, 7) is 2.01. The molecule has 1 unspecified atom stereocenters. The monoisotopic (exact) mass is 225 g/mol. The Hall–Kier alpha value is -1.93. The predicted molar refractivity (Wildman–Crippen MR) is 68.9 cm³/mol. The molecular formula is C15H15NO. The molecule has 2 heteroatoms. The SMILES string of the molecule is Cc1ccc(C(N)C(=O)c2ccccc2)cc1. The summed E-state index contributed by atoms with van der Waals surface area (Å²) in [6.07, 6.45) is 0. The molecule has 0 heterocycles. The van der Waals surface area contributed by atoms with Gasteiger partial charge in [-0.05, 0) is 12.5 Å². The van der Waals surface area contributed by atoms with Crippen molar-refractivity contribution in [1.29, 1.82) is 0 Å². The molecule has 0 bridgehead atoms. The number of benzene rings is 2. The van der Waals surface area contributed by atoms with Gasteiger partial charge in [0.2, 0.25) is 0 Å². The van der Waals surface area contributed by atoms with Crippen LogP contribution in [0, 0.1) is 6.92 Å². The van der Waals surface area contributed by atoms with E-state index >= 15 is 0 Å². The first kappa shape index (κ1) is 11.6. The highest BCUT2D eigenvalue weighted by Gasteiger charge is 2.16. The van der Waals surface area contributed by atoms with E-state index in [1.165, 1.54) is 0 Å². The lowest BCUT2D eigenvalue weighted by Gasteiger charge is -2.11. The van der Waals surface area contributed by atoms with Crippen LogP contribution in [0.2, 0.25) is 0 Å². The van der Waals surface area contributed by atoms with Crippen LogP contribution in [0.15, 0.2) is 54.6 Å². The highest BCUT2D eigenvalue weighted by Crippen LogP contribution is 2.16. The van der Waals surface area contributed by atoms with Gasteiger partial charge in [0.25, 0.3) is 0 Å². The third-order valence-electron chi connectivity index (χ3n) is 2.78. The Balaban J connectivity index is 2.23. The van der Waals surface area contributed by atoms with Crippen LogP contribution < -0.4 is 5.73 Å². The molecule has 0 aliphatic carbocycles. The second-order valence-electron chi connectivity index (χ2n) is 4.12. The van der Waals surface area contributed by atoms with E-state index in [0.29, 0.717) is 5.56 Å². The zero-order valence-electron chi connectivity index (χ0n) is 9.76. The first-order valence-electron chi connectivity index (χ1n) is 5.60. The second kappa shape index (κ2) is 4.93. The van der Waals surface area contributed by atoms with Crippen molar-refractivity contribution in [3.63, 3.8) is 0 Å². The molecule has 17 heavy (non-hydrogen) atoms. The van der Waals surface area contributed by atoms with Crippen LogP contribution in [0.1, 0.15) is 27.5 Å². The quantitative estimate of drug-likeness (QED) is 0.816. The van der Waals surface area contributed by atoms with Gasteiger partial charge >= 0.3 is 0 Å². The van der Waals surface area contributed by atoms with Crippen LogP contribution in [0.3, 0.4) is 0 Å². The number of hydrogen-bond donors (Lipinski definition) is 1. The Labute approximate surface area is 101 Å². The van der Waals surface area contributed by atoms with Gasteiger partial charge in [0.15, 0.2) is 5.78 Å². The van der Waals surface area contributed by atoms with Gasteiger partial charge < -0.3 is 5.73 Å². The molecule has 86 valence electrons. The first-order valence-corrected chi connectivity index (χ1v) is 5.60. The number of carbonyl (C=O) groups excluding carboxylic acids is 1. The third kappa shape index (κ3) is 2.60. The van der Waals surface area contributed by atoms with Crippen LogP contribution in [-0.4, -0.2) is 5.78 Å². The molecule has 0 saturated heterocycles. The second-order valence-corrected chi connectivity index (χ2v) is 4.12. The number of nitrogens with two attached hydrogens (primary N) is 1. The average molecular weight is 225 g/mol. The number of carbonyl (C=O) groups is 1. The smallest absolute Gasteiger partial charge is 0.184 e. The average Bonchev–Trinajstić information content (AvgIpc) is 2.39. The van der Waals surface area contributed by atoms with Gasteiger partial charge in [-0.2, -0.15) is 0 Å². The molecule has 0 amide bonds. The Kier molecular flexibility index (Phi) is 3.35. The van der Waals surface area contributed by atoms with Crippen LogP contribution in [0.5, 0.6) is 0 Å². The van der Waals surface area contributed by atoms with E-state index < -0.39 is 6.04 Å². The van der Waals surface area contributed by atoms with Crippen LogP contribution in [0.25, 0.3) is 0 Å². The predicted octanol–water partition coefficient (Wildman–Crippen LogP) is 2.88. The molecule has 0 saturated carbocycles. The van der Waals surface area contributed by atoms with Crippen molar-refractivity contribution in [2.45, 2.75) is 13.0 Å². The summed E-state index contributed by atoms with van der Waals surface area (Å²) in [7, 11) is 0. The summed E-state index contributed by atoms with van der Waals surface area (Å²) < 4.78 is 0. The molecule has 1 atom stereocenters. The Morgan fingerprint density at radius 2 is 1.59 bits per heavy atom.